The van der Waals surface area contributed by atoms with Gasteiger partial charge in [0.1, 0.15) is 0 Å². The van der Waals surface area contributed by atoms with E-state index in [1.54, 1.807) is 17.5 Å². The van der Waals surface area contributed by atoms with Gasteiger partial charge in [-0.25, -0.2) is 0 Å². The van der Waals surface area contributed by atoms with E-state index in [1.165, 1.54) is 5.56 Å². The molecule has 2 aromatic heterocycles. The second-order valence-electron chi connectivity index (χ2n) is 4.50. The van der Waals surface area contributed by atoms with Gasteiger partial charge < -0.3 is 10.6 Å². The van der Waals surface area contributed by atoms with Gasteiger partial charge >= 0.3 is 0 Å². The quantitative estimate of drug-likeness (QED) is 0.731. The lowest BCUT2D eigenvalue weighted by atomic mass is 10.3. The molecule has 1 amide bonds. The molecule has 0 aromatic carbocycles. The molecular weight excluding hydrogens is 270 g/mol. The predicted octanol–water partition coefficient (Wildman–Crippen LogP) is 1.98. The minimum atomic E-state index is 0.0970. The van der Waals surface area contributed by atoms with Crippen LogP contribution in [0.4, 0.5) is 0 Å². The Kier molecular flexibility index (Phi) is 6.20. The number of rotatable bonds is 8. The SMILES string of the molecule is O=C(Cc1cccs1)NCCCNCc1cccnc1. The van der Waals surface area contributed by atoms with Gasteiger partial charge in [-0.1, -0.05) is 12.1 Å². The van der Waals surface area contributed by atoms with Crippen molar-refractivity contribution in [3.05, 3.63) is 52.5 Å². The Bertz CT molecular complexity index is 499. The van der Waals surface area contributed by atoms with E-state index in [9.17, 15) is 4.79 Å². The smallest absolute Gasteiger partial charge is 0.225 e. The first-order valence-electron chi connectivity index (χ1n) is 6.73. The molecule has 0 radical (unpaired) electrons. The number of aromatic nitrogens is 1. The maximum Gasteiger partial charge on any atom is 0.225 e. The van der Waals surface area contributed by atoms with Crippen molar-refractivity contribution < 1.29 is 4.79 Å². The molecule has 0 spiro atoms. The summed E-state index contributed by atoms with van der Waals surface area (Å²) in [6.45, 7) is 2.41. The standard InChI is InChI=1S/C15H19N3OS/c19-15(10-14-5-2-9-20-14)18-8-3-7-17-12-13-4-1-6-16-11-13/h1-2,4-6,9,11,17H,3,7-8,10,12H2,(H,18,19). The van der Waals surface area contributed by atoms with Crippen molar-refractivity contribution in [2.45, 2.75) is 19.4 Å². The highest BCUT2D eigenvalue weighted by Gasteiger charge is 2.02. The van der Waals surface area contributed by atoms with Crippen LogP contribution < -0.4 is 10.6 Å². The number of nitrogens with one attached hydrogen (secondary N) is 2. The van der Waals surface area contributed by atoms with Gasteiger partial charge in [0, 0.05) is 30.4 Å². The second kappa shape index (κ2) is 8.45. The van der Waals surface area contributed by atoms with E-state index >= 15 is 0 Å². The van der Waals surface area contributed by atoms with E-state index in [0.29, 0.717) is 13.0 Å². The third-order valence-corrected chi connectivity index (χ3v) is 3.70. The van der Waals surface area contributed by atoms with Crippen molar-refractivity contribution in [3.63, 3.8) is 0 Å². The maximum absolute atomic E-state index is 11.6. The Hall–Kier alpha value is -1.72. The Morgan fingerprint density at radius 3 is 2.95 bits per heavy atom. The summed E-state index contributed by atoms with van der Waals surface area (Å²) in [4.78, 5) is 16.8. The molecule has 0 bridgehead atoms. The second-order valence-corrected chi connectivity index (χ2v) is 5.53. The number of hydrogen-bond acceptors (Lipinski definition) is 4. The number of nitrogens with zero attached hydrogens (tertiary/aromatic N) is 1. The van der Waals surface area contributed by atoms with E-state index in [2.05, 4.69) is 15.6 Å². The molecule has 0 saturated carbocycles. The first-order valence-corrected chi connectivity index (χ1v) is 7.61. The zero-order valence-corrected chi connectivity index (χ0v) is 12.2. The van der Waals surface area contributed by atoms with Gasteiger partial charge in [-0.3, -0.25) is 9.78 Å². The van der Waals surface area contributed by atoms with Crippen LogP contribution in [-0.2, 0) is 17.8 Å². The fourth-order valence-corrected chi connectivity index (χ4v) is 2.51. The number of carbonyl (C=O) groups excluding carboxylic acids is 1. The molecule has 106 valence electrons. The van der Waals surface area contributed by atoms with Crippen LogP contribution in [0.1, 0.15) is 16.9 Å². The van der Waals surface area contributed by atoms with Crippen molar-refractivity contribution in [2.24, 2.45) is 0 Å². The molecule has 0 atom stereocenters. The van der Waals surface area contributed by atoms with Crippen LogP contribution in [0.25, 0.3) is 0 Å². The molecule has 20 heavy (non-hydrogen) atoms. The highest BCUT2D eigenvalue weighted by Crippen LogP contribution is 2.08. The van der Waals surface area contributed by atoms with Crippen LogP contribution in [0.3, 0.4) is 0 Å². The summed E-state index contributed by atoms with van der Waals surface area (Å²) in [6, 6.07) is 7.93. The average Bonchev–Trinajstić information content (AvgIpc) is 2.96. The number of carbonyl (C=O) groups is 1. The Balaban J connectivity index is 1.50. The monoisotopic (exact) mass is 289 g/mol. The molecule has 4 nitrogen and oxygen atoms in total. The molecular formula is C15H19N3OS. The molecule has 2 rings (SSSR count). The summed E-state index contributed by atoms with van der Waals surface area (Å²) >= 11 is 1.62. The third-order valence-electron chi connectivity index (χ3n) is 2.82. The fourth-order valence-electron chi connectivity index (χ4n) is 1.81. The van der Waals surface area contributed by atoms with Gasteiger partial charge in [-0.15, -0.1) is 11.3 Å². The van der Waals surface area contributed by atoms with Gasteiger partial charge in [0.2, 0.25) is 5.91 Å². The molecule has 2 N–H and O–H groups in total. The number of pyridine rings is 1. The molecule has 0 saturated heterocycles. The largest absolute Gasteiger partial charge is 0.356 e. The van der Waals surface area contributed by atoms with Crippen LogP contribution in [0.15, 0.2) is 42.0 Å². The molecule has 0 aliphatic heterocycles. The number of hydrogen-bond donors (Lipinski definition) is 2. The first kappa shape index (κ1) is 14.7. The van der Waals surface area contributed by atoms with Crippen molar-refractivity contribution in [2.75, 3.05) is 13.1 Å². The zero-order valence-electron chi connectivity index (χ0n) is 11.3. The Morgan fingerprint density at radius 1 is 1.25 bits per heavy atom. The summed E-state index contributed by atoms with van der Waals surface area (Å²) in [6.07, 6.45) is 5.04. The molecule has 0 unspecified atom stereocenters. The van der Waals surface area contributed by atoms with E-state index in [-0.39, 0.29) is 5.91 Å². The minimum Gasteiger partial charge on any atom is -0.356 e. The van der Waals surface area contributed by atoms with Crippen LogP contribution in [0.5, 0.6) is 0 Å². The predicted molar refractivity (Wildman–Crippen MR) is 81.6 cm³/mol. The van der Waals surface area contributed by atoms with Crippen molar-refractivity contribution in [1.29, 1.82) is 0 Å². The molecule has 2 aromatic rings. The van der Waals surface area contributed by atoms with Gasteiger partial charge in [-0.2, -0.15) is 0 Å². The normalized spacial score (nSPS) is 10.4. The first-order chi connectivity index (χ1) is 9.84. The van der Waals surface area contributed by atoms with Crippen LogP contribution >= 0.6 is 11.3 Å². The van der Waals surface area contributed by atoms with Crippen LogP contribution in [-0.4, -0.2) is 24.0 Å². The lowest BCUT2D eigenvalue weighted by molar-refractivity contribution is -0.120. The van der Waals surface area contributed by atoms with E-state index in [4.69, 9.17) is 0 Å². The molecule has 5 heteroatoms. The fraction of sp³-hybridized carbons (Fsp3) is 0.333. The Morgan fingerprint density at radius 2 is 2.20 bits per heavy atom. The summed E-state index contributed by atoms with van der Waals surface area (Å²) in [7, 11) is 0. The summed E-state index contributed by atoms with van der Waals surface area (Å²) in [5.41, 5.74) is 1.18. The van der Waals surface area contributed by atoms with Gasteiger partial charge in [0.05, 0.1) is 6.42 Å². The Labute approximate surface area is 123 Å². The highest BCUT2D eigenvalue weighted by atomic mass is 32.1. The van der Waals surface area contributed by atoms with Gasteiger partial charge in [-0.05, 0) is 36.0 Å². The lowest BCUT2D eigenvalue weighted by Gasteiger charge is -2.06. The lowest BCUT2D eigenvalue weighted by Crippen LogP contribution is -2.28. The molecule has 0 aliphatic rings. The van der Waals surface area contributed by atoms with E-state index in [0.717, 1.165) is 24.4 Å². The third kappa shape index (κ3) is 5.50. The van der Waals surface area contributed by atoms with Crippen molar-refractivity contribution in [1.82, 2.24) is 15.6 Å². The van der Waals surface area contributed by atoms with Gasteiger partial charge in [0.25, 0.3) is 0 Å². The summed E-state index contributed by atoms with van der Waals surface area (Å²) in [5.74, 6) is 0.0970. The summed E-state index contributed by atoms with van der Waals surface area (Å²) in [5, 5.41) is 8.26. The van der Waals surface area contributed by atoms with Gasteiger partial charge in [0.15, 0.2) is 0 Å². The van der Waals surface area contributed by atoms with E-state index < -0.39 is 0 Å². The molecule has 0 fully saturated rings. The van der Waals surface area contributed by atoms with Crippen molar-refractivity contribution in [3.8, 4) is 0 Å². The highest BCUT2D eigenvalue weighted by molar-refractivity contribution is 7.10. The zero-order chi connectivity index (χ0) is 14.0. The minimum absolute atomic E-state index is 0.0970. The molecule has 2 heterocycles. The van der Waals surface area contributed by atoms with Crippen LogP contribution in [0.2, 0.25) is 0 Å². The average molecular weight is 289 g/mol. The molecule has 0 aliphatic carbocycles. The van der Waals surface area contributed by atoms with Crippen LogP contribution in [0, 0.1) is 0 Å². The summed E-state index contributed by atoms with van der Waals surface area (Å²) < 4.78 is 0. The van der Waals surface area contributed by atoms with E-state index in [1.807, 2.05) is 35.8 Å². The number of thiophene rings is 1. The maximum atomic E-state index is 11.6. The number of amides is 1. The van der Waals surface area contributed by atoms with Crippen molar-refractivity contribution >= 4 is 17.2 Å². The topological polar surface area (TPSA) is 54.0 Å².